The third-order valence-corrected chi connectivity index (χ3v) is 13.3. The van der Waals surface area contributed by atoms with Gasteiger partial charge in [-0.15, -0.1) is 13.2 Å². The summed E-state index contributed by atoms with van der Waals surface area (Å²) in [5.41, 5.74) is 11.7. The van der Waals surface area contributed by atoms with Gasteiger partial charge < -0.3 is 24.8 Å². The lowest BCUT2D eigenvalue weighted by atomic mass is 9.71. The van der Waals surface area contributed by atoms with Crippen LogP contribution in [0, 0.1) is 11.3 Å². The van der Waals surface area contributed by atoms with Crippen molar-refractivity contribution < 1.29 is 37.1 Å². The van der Waals surface area contributed by atoms with Gasteiger partial charge in [-0.3, -0.25) is 34.3 Å². The van der Waals surface area contributed by atoms with Gasteiger partial charge in [0.1, 0.15) is 11.8 Å². The molecule has 316 valence electrons. The maximum Gasteiger partial charge on any atom is 0.573 e. The lowest BCUT2D eigenvalue weighted by Crippen LogP contribution is -2.60. The Bertz CT molecular complexity index is 2300. The number of halogens is 3. The number of imide groups is 2. The molecule has 1 spiro atoms. The van der Waals surface area contributed by atoms with Crippen molar-refractivity contribution in [1.82, 2.24) is 24.6 Å². The predicted molar refractivity (Wildman–Crippen MR) is 219 cm³/mol. The maximum absolute atomic E-state index is 13.4. The number of aromatic nitrogens is 1. The highest BCUT2D eigenvalue weighted by atomic mass is 19.4. The van der Waals surface area contributed by atoms with Crippen LogP contribution in [0.5, 0.6) is 5.75 Å². The molecule has 15 heteroatoms. The van der Waals surface area contributed by atoms with Crippen molar-refractivity contribution in [3.05, 3.63) is 83.6 Å². The molecule has 1 atom stereocenters. The summed E-state index contributed by atoms with van der Waals surface area (Å²) in [5, 5.41) is 3.32. The van der Waals surface area contributed by atoms with Gasteiger partial charge in [0.2, 0.25) is 11.8 Å². The molecule has 3 N–H and O–H groups in total. The molecule has 9 rings (SSSR count). The molecule has 4 aromatic rings. The average molecular weight is 826 g/mol. The number of nitrogens with zero attached hydrogens (tertiary/aromatic N) is 5. The van der Waals surface area contributed by atoms with Crippen LogP contribution in [-0.4, -0.2) is 108 Å². The summed E-state index contributed by atoms with van der Waals surface area (Å²) in [4.78, 5) is 59.0. The van der Waals surface area contributed by atoms with E-state index in [9.17, 15) is 32.3 Å². The summed E-state index contributed by atoms with van der Waals surface area (Å²) < 4.78 is 44.6. The first-order chi connectivity index (χ1) is 28.8. The normalized spacial score (nSPS) is 21.5. The van der Waals surface area contributed by atoms with Gasteiger partial charge >= 0.3 is 6.36 Å². The number of aryl methyl sites for hydroxylation is 1. The number of likely N-dealkylation sites (tertiary alicyclic amines) is 2. The number of amides is 4. The summed E-state index contributed by atoms with van der Waals surface area (Å²) in [6.07, 6.45) is 2.91. The first-order valence-electron chi connectivity index (χ1n) is 21.1. The summed E-state index contributed by atoms with van der Waals surface area (Å²) in [5.74, 6) is -1.55. The Morgan fingerprint density at radius 2 is 1.55 bits per heavy atom. The second kappa shape index (κ2) is 16.0. The highest BCUT2D eigenvalue weighted by Crippen LogP contribution is 2.44. The number of benzene rings is 3. The molecule has 5 aliphatic heterocycles. The number of anilines is 1. The fourth-order valence-electron chi connectivity index (χ4n) is 10.0. The molecule has 5 aliphatic rings. The minimum absolute atomic E-state index is 0.0920. The van der Waals surface area contributed by atoms with Gasteiger partial charge in [-0.1, -0.05) is 18.2 Å². The monoisotopic (exact) mass is 825 g/mol. The Hall–Kier alpha value is -5.25. The molecule has 6 heterocycles. The van der Waals surface area contributed by atoms with Crippen LogP contribution in [0.3, 0.4) is 0 Å². The molecule has 60 heavy (non-hydrogen) atoms. The second-order valence-corrected chi connectivity index (χ2v) is 17.4. The van der Waals surface area contributed by atoms with Crippen LogP contribution >= 0.6 is 0 Å². The van der Waals surface area contributed by atoms with Crippen molar-refractivity contribution in [3.63, 3.8) is 0 Å². The molecular formula is C45H50F3N7O5. The molecule has 3 aromatic carbocycles. The molecule has 0 bridgehead atoms. The Balaban J connectivity index is 0.757. The minimum Gasteiger partial charge on any atom is -0.406 e. The van der Waals surface area contributed by atoms with Gasteiger partial charge in [-0.05, 0) is 131 Å². The maximum atomic E-state index is 13.4. The molecule has 0 saturated carbocycles. The second-order valence-electron chi connectivity index (χ2n) is 17.4. The van der Waals surface area contributed by atoms with E-state index in [0.717, 1.165) is 124 Å². The van der Waals surface area contributed by atoms with Crippen LogP contribution in [0.1, 0.15) is 71.2 Å². The summed E-state index contributed by atoms with van der Waals surface area (Å²) in [7, 11) is 0. The smallest absolute Gasteiger partial charge is 0.406 e. The van der Waals surface area contributed by atoms with Crippen LogP contribution in [0.15, 0.2) is 66.9 Å². The van der Waals surface area contributed by atoms with Crippen LogP contribution in [0.2, 0.25) is 0 Å². The van der Waals surface area contributed by atoms with E-state index in [2.05, 4.69) is 53.7 Å². The Morgan fingerprint density at radius 3 is 2.25 bits per heavy atom. The molecule has 1 unspecified atom stereocenters. The quantitative estimate of drug-likeness (QED) is 0.181. The number of carbonyl (C=O) groups excluding carboxylic acids is 4. The number of hydrogen-bond acceptors (Lipinski definition) is 9. The lowest BCUT2D eigenvalue weighted by Gasteiger charge is -2.55. The topological polar surface area (TPSA) is 133 Å². The van der Waals surface area contributed by atoms with Crippen LogP contribution in [0.4, 0.5) is 18.9 Å². The molecule has 0 radical (unpaired) electrons. The minimum atomic E-state index is -4.74. The molecular weight excluding hydrogens is 776 g/mol. The molecule has 4 fully saturated rings. The van der Waals surface area contributed by atoms with Crippen LogP contribution < -0.4 is 20.7 Å². The molecule has 4 amide bonds. The Morgan fingerprint density at radius 1 is 0.817 bits per heavy atom. The zero-order valence-electron chi connectivity index (χ0n) is 33.5. The number of nitrogens with one attached hydrogen (secondary N) is 1. The third-order valence-electron chi connectivity index (χ3n) is 13.3. The zero-order chi connectivity index (χ0) is 41.8. The van der Waals surface area contributed by atoms with Gasteiger partial charge in [0.05, 0.1) is 11.1 Å². The number of carbonyl (C=O) groups is 4. The van der Waals surface area contributed by atoms with E-state index < -0.39 is 36.0 Å². The number of alkyl halides is 3. The van der Waals surface area contributed by atoms with Crippen molar-refractivity contribution in [2.75, 3.05) is 57.3 Å². The fraction of sp³-hybridized carbons (Fsp3) is 0.467. The Labute approximate surface area is 346 Å². The zero-order valence-corrected chi connectivity index (χ0v) is 33.5. The number of nitrogens with two attached hydrogens (primary N) is 1. The van der Waals surface area contributed by atoms with E-state index in [-0.39, 0.29) is 24.0 Å². The number of piperidine rings is 3. The predicted octanol–water partition coefficient (Wildman–Crippen LogP) is 5.77. The van der Waals surface area contributed by atoms with Crippen molar-refractivity contribution in [2.24, 2.45) is 17.1 Å². The standard InChI is InChI=1S/C45H50F3N7O5/c46-45(47,48)60-33-6-3-31(4-7-33)37-26-53(17-1-16-49)38-9-2-30(22-35(37)38)25-51-18-12-29(13-19-51)24-52-20-14-44(15-21-52)27-54(28-44)32-5-8-34-36(23-32)43(59)55(42(34)58)39-10-11-40(56)50-41(39)57/h2-9,22-23,26,29,39H,1,10-21,24-25,27-28,49H2,(H,50,56,57). The van der Waals surface area contributed by atoms with E-state index in [1.165, 1.54) is 17.7 Å². The van der Waals surface area contributed by atoms with Gasteiger partial charge in [-0.2, -0.15) is 0 Å². The number of rotatable bonds is 11. The van der Waals surface area contributed by atoms with Crippen molar-refractivity contribution in [1.29, 1.82) is 0 Å². The molecule has 1 aromatic heterocycles. The Kier molecular flexibility index (Phi) is 10.7. The van der Waals surface area contributed by atoms with E-state index in [1.807, 2.05) is 6.07 Å². The van der Waals surface area contributed by atoms with Crippen molar-refractivity contribution in [2.45, 2.75) is 70.4 Å². The highest BCUT2D eigenvalue weighted by Gasteiger charge is 2.47. The first kappa shape index (κ1) is 40.2. The number of ether oxygens (including phenoxy) is 1. The van der Waals surface area contributed by atoms with Crippen molar-refractivity contribution >= 4 is 40.2 Å². The molecule has 12 nitrogen and oxygen atoms in total. The highest BCUT2D eigenvalue weighted by molar-refractivity contribution is 6.23. The SMILES string of the molecule is NCCCn1cc(-c2ccc(OC(F)(F)F)cc2)c2cc(CN3CCC(CN4CCC5(CC4)CN(c4ccc6c(c4)C(=O)N(C4CCC(=O)NC4=O)C6=O)C5)CC3)ccc21. The number of hydrogen-bond donors (Lipinski definition) is 2. The average Bonchev–Trinajstić information content (AvgIpc) is 3.69. The van der Waals surface area contributed by atoms with Gasteiger partial charge in [-0.25, -0.2) is 0 Å². The first-order valence-corrected chi connectivity index (χ1v) is 21.1. The van der Waals surface area contributed by atoms with E-state index >= 15 is 0 Å². The van der Waals surface area contributed by atoms with E-state index in [1.54, 1.807) is 24.3 Å². The largest absolute Gasteiger partial charge is 0.573 e. The molecule has 0 aliphatic carbocycles. The summed E-state index contributed by atoms with van der Waals surface area (Å²) in [6.45, 7) is 9.27. The van der Waals surface area contributed by atoms with E-state index in [4.69, 9.17) is 5.73 Å². The molecule has 4 saturated heterocycles. The fourth-order valence-corrected chi connectivity index (χ4v) is 10.0. The van der Waals surface area contributed by atoms with Gasteiger partial charge in [0.25, 0.3) is 11.8 Å². The number of fused-ring (bicyclic) bond motifs is 2. The van der Waals surface area contributed by atoms with Gasteiger partial charge in [0.15, 0.2) is 0 Å². The lowest BCUT2D eigenvalue weighted by molar-refractivity contribution is -0.274. The van der Waals surface area contributed by atoms with Crippen LogP contribution in [0.25, 0.3) is 22.0 Å². The third kappa shape index (κ3) is 8.02. The summed E-state index contributed by atoms with van der Waals surface area (Å²) in [6, 6.07) is 17.0. The van der Waals surface area contributed by atoms with Gasteiger partial charge in [0, 0.05) is 72.9 Å². The van der Waals surface area contributed by atoms with Crippen molar-refractivity contribution in [3.8, 4) is 16.9 Å². The van der Waals surface area contributed by atoms with Crippen LogP contribution in [-0.2, 0) is 22.7 Å². The van der Waals surface area contributed by atoms with E-state index in [0.29, 0.717) is 23.6 Å². The summed E-state index contributed by atoms with van der Waals surface area (Å²) >= 11 is 0.